The summed E-state index contributed by atoms with van der Waals surface area (Å²) in [5.74, 6) is 1.47. The van der Waals surface area contributed by atoms with Gasteiger partial charge in [0.1, 0.15) is 0 Å². The minimum Gasteiger partial charge on any atom is -0.474 e. The van der Waals surface area contributed by atoms with Crippen LogP contribution in [0.5, 0.6) is 17.2 Å². The van der Waals surface area contributed by atoms with E-state index in [0.29, 0.717) is 23.7 Å². The molecule has 84 valence electrons. The molecule has 0 saturated carbocycles. The van der Waals surface area contributed by atoms with Crippen LogP contribution in [0, 0.1) is 0 Å². The summed E-state index contributed by atoms with van der Waals surface area (Å²) in [4.78, 5) is 11.4. The topological polar surface area (TPSA) is 54.0 Å². The molecule has 1 aromatic rings. The summed E-state index contributed by atoms with van der Waals surface area (Å²) in [6.45, 7) is 0.192. The Balaban J connectivity index is 1.95. The van der Waals surface area contributed by atoms with Gasteiger partial charge in [-0.05, 0) is 6.07 Å². The zero-order valence-corrected chi connectivity index (χ0v) is 8.69. The molecule has 1 unspecified atom stereocenters. The maximum atomic E-state index is 11.4. The highest BCUT2D eigenvalue weighted by Gasteiger charge is 2.35. The van der Waals surface area contributed by atoms with Crippen molar-refractivity contribution in [3.05, 3.63) is 17.7 Å². The van der Waals surface area contributed by atoms with Gasteiger partial charge < -0.3 is 18.9 Å². The van der Waals surface area contributed by atoms with E-state index in [1.54, 1.807) is 0 Å². The molecule has 1 atom stereocenters. The average Bonchev–Trinajstić information content (AvgIpc) is 2.92. The Hall–Kier alpha value is -1.91. The number of carbonyl (C=O) groups is 1. The van der Waals surface area contributed by atoms with Crippen molar-refractivity contribution >= 4 is 5.97 Å². The van der Waals surface area contributed by atoms with Gasteiger partial charge in [0.25, 0.3) is 0 Å². The normalized spacial score (nSPS) is 20.2. The largest absolute Gasteiger partial charge is 0.474 e. The number of hydrogen-bond acceptors (Lipinski definition) is 5. The van der Waals surface area contributed by atoms with E-state index in [-0.39, 0.29) is 12.8 Å². The highest BCUT2D eigenvalue weighted by atomic mass is 16.7. The third kappa shape index (κ3) is 1.21. The van der Waals surface area contributed by atoms with E-state index in [2.05, 4.69) is 4.74 Å². The number of benzene rings is 1. The minimum atomic E-state index is -0.573. The molecular weight excluding hydrogens is 212 g/mol. The van der Waals surface area contributed by atoms with Crippen molar-refractivity contribution < 1.29 is 23.7 Å². The van der Waals surface area contributed by atoms with Crippen LogP contribution >= 0.6 is 0 Å². The first-order valence-corrected chi connectivity index (χ1v) is 4.95. The van der Waals surface area contributed by atoms with Crippen LogP contribution in [-0.2, 0) is 16.0 Å². The molecular formula is C11H10O5. The first-order chi connectivity index (χ1) is 7.79. The van der Waals surface area contributed by atoms with Gasteiger partial charge in [-0.25, -0.2) is 4.79 Å². The maximum absolute atomic E-state index is 11.4. The van der Waals surface area contributed by atoms with Crippen LogP contribution in [-0.4, -0.2) is 26.0 Å². The SMILES string of the molecule is COC(=O)C1Cc2ccc3c(c2O1)OCO3. The molecule has 0 fully saturated rings. The Kier molecular flexibility index (Phi) is 1.92. The fourth-order valence-electron chi connectivity index (χ4n) is 1.92. The Labute approximate surface area is 91.9 Å². The molecule has 16 heavy (non-hydrogen) atoms. The number of carbonyl (C=O) groups excluding carboxylic acids is 1. The van der Waals surface area contributed by atoms with Crippen LogP contribution in [0.4, 0.5) is 0 Å². The number of esters is 1. The van der Waals surface area contributed by atoms with Gasteiger partial charge in [-0.15, -0.1) is 0 Å². The number of rotatable bonds is 1. The third-order valence-electron chi connectivity index (χ3n) is 2.70. The number of hydrogen-bond donors (Lipinski definition) is 0. The lowest BCUT2D eigenvalue weighted by molar-refractivity contribution is -0.147. The molecule has 0 N–H and O–H groups in total. The molecule has 2 aliphatic rings. The summed E-state index contributed by atoms with van der Waals surface area (Å²) < 4.78 is 20.7. The lowest BCUT2D eigenvalue weighted by Crippen LogP contribution is -2.26. The van der Waals surface area contributed by atoms with E-state index in [0.717, 1.165) is 5.56 Å². The monoisotopic (exact) mass is 222 g/mol. The maximum Gasteiger partial charge on any atom is 0.347 e. The second-order valence-electron chi connectivity index (χ2n) is 3.62. The van der Waals surface area contributed by atoms with Gasteiger partial charge in [-0.3, -0.25) is 0 Å². The summed E-state index contributed by atoms with van der Waals surface area (Å²) in [7, 11) is 1.35. The molecule has 2 heterocycles. The van der Waals surface area contributed by atoms with Gasteiger partial charge >= 0.3 is 5.97 Å². The Morgan fingerprint density at radius 1 is 1.38 bits per heavy atom. The van der Waals surface area contributed by atoms with Crippen molar-refractivity contribution in [1.82, 2.24) is 0 Å². The zero-order chi connectivity index (χ0) is 11.1. The van der Waals surface area contributed by atoms with Crippen LogP contribution in [0.25, 0.3) is 0 Å². The molecule has 0 aromatic heterocycles. The lowest BCUT2D eigenvalue weighted by Gasteiger charge is -2.08. The molecule has 1 aromatic carbocycles. The Morgan fingerprint density at radius 3 is 3.06 bits per heavy atom. The van der Waals surface area contributed by atoms with E-state index in [1.165, 1.54) is 7.11 Å². The van der Waals surface area contributed by atoms with Gasteiger partial charge in [0.15, 0.2) is 17.6 Å². The standard InChI is InChI=1S/C11H10O5/c1-13-11(12)8-4-6-2-3-7-10(9(6)16-8)15-5-14-7/h2-3,8H,4-5H2,1H3. The molecule has 2 aliphatic heterocycles. The second-order valence-corrected chi connectivity index (χ2v) is 3.62. The first kappa shape index (κ1) is 9.33. The van der Waals surface area contributed by atoms with Crippen molar-refractivity contribution in [2.24, 2.45) is 0 Å². The summed E-state index contributed by atoms with van der Waals surface area (Å²) in [5, 5.41) is 0. The third-order valence-corrected chi connectivity index (χ3v) is 2.70. The van der Waals surface area contributed by atoms with Gasteiger partial charge in [0.2, 0.25) is 12.5 Å². The molecule has 0 bridgehead atoms. The second kappa shape index (κ2) is 3.30. The Bertz CT molecular complexity index is 454. The molecule has 5 heteroatoms. The van der Waals surface area contributed by atoms with Crippen LogP contribution in [0.3, 0.4) is 0 Å². The van der Waals surface area contributed by atoms with Crippen molar-refractivity contribution in [3.63, 3.8) is 0 Å². The lowest BCUT2D eigenvalue weighted by atomic mass is 10.1. The number of methoxy groups -OCH3 is 1. The summed E-state index contributed by atoms with van der Waals surface area (Å²) in [5.41, 5.74) is 0.944. The fourth-order valence-corrected chi connectivity index (χ4v) is 1.92. The zero-order valence-electron chi connectivity index (χ0n) is 8.69. The van der Waals surface area contributed by atoms with Crippen LogP contribution in [0.1, 0.15) is 5.56 Å². The van der Waals surface area contributed by atoms with Crippen LogP contribution in [0.2, 0.25) is 0 Å². The predicted octanol–water partition coefficient (Wildman–Crippen LogP) is 0.892. The Morgan fingerprint density at radius 2 is 2.25 bits per heavy atom. The smallest absolute Gasteiger partial charge is 0.347 e. The molecule has 0 radical (unpaired) electrons. The molecule has 0 amide bonds. The van der Waals surface area contributed by atoms with Crippen molar-refractivity contribution in [1.29, 1.82) is 0 Å². The van der Waals surface area contributed by atoms with E-state index in [4.69, 9.17) is 14.2 Å². The predicted molar refractivity (Wildman–Crippen MR) is 52.7 cm³/mol. The van der Waals surface area contributed by atoms with E-state index in [9.17, 15) is 4.79 Å². The molecule has 0 aliphatic carbocycles. The molecule has 3 rings (SSSR count). The molecule has 5 nitrogen and oxygen atoms in total. The number of ether oxygens (including phenoxy) is 4. The summed E-state index contributed by atoms with van der Waals surface area (Å²) in [6, 6.07) is 3.70. The summed E-state index contributed by atoms with van der Waals surface area (Å²) >= 11 is 0. The van der Waals surface area contributed by atoms with Crippen LogP contribution in [0.15, 0.2) is 12.1 Å². The summed E-state index contributed by atoms with van der Waals surface area (Å²) in [6.07, 6.45) is -0.0609. The van der Waals surface area contributed by atoms with E-state index >= 15 is 0 Å². The molecule has 0 saturated heterocycles. The van der Waals surface area contributed by atoms with Gasteiger partial charge in [0, 0.05) is 12.0 Å². The van der Waals surface area contributed by atoms with Gasteiger partial charge in [-0.1, -0.05) is 6.07 Å². The van der Waals surface area contributed by atoms with Crippen LogP contribution < -0.4 is 14.2 Å². The van der Waals surface area contributed by atoms with Crippen molar-refractivity contribution in [2.45, 2.75) is 12.5 Å². The minimum absolute atomic E-state index is 0.192. The average molecular weight is 222 g/mol. The highest BCUT2D eigenvalue weighted by molar-refractivity contribution is 5.77. The van der Waals surface area contributed by atoms with E-state index < -0.39 is 6.10 Å². The van der Waals surface area contributed by atoms with Crippen molar-refractivity contribution in [2.75, 3.05) is 13.9 Å². The fraction of sp³-hybridized carbons (Fsp3) is 0.364. The van der Waals surface area contributed by atoms with E-state index in [1.807, 2.05) is 12.1 Å². The van der Waals surface area contributed by atoms with Gasteiger partial charge in [-0.2, -0.15) is 0 Å². The molecule has 0 spiro atoms. The quantitative estimate of drug-likeness (QED) is 0.660. The van der Waals surface area contributed by atoms with Gasteiger partial charge in [0.05, 0.1) is 7.11 Å². The first-order valence-electron chi connectivity index (χ1n) is 4.95. The highest BCUT2D eigenvalue weighted by Crippen LogP contribution is 2.46. The van der Waals surface area contributed by atoms with Crippen molar-refractivity contribution in [3.8, 4) is 17.2 Å². The number of fused-ring (bicyclic) bond motifs is 3.